The predicted molar refractivity (Wildman–Crippen MR) is 107 cm³/mol. The first-order chi connectivity index (χ1) is 13.2. The lowest BCUT2D eigenvalue weighted by Crippen LogP contribution is -2.25. The van der Waals surface area contributed by atoms with Crippen LogP contribution in [0, 0.1) is 0 Å². The van der Waals surface area contributed by atoms with Crippen molar-refractivity contribution in [2.45, 2.75) is 18.9 Å². The minimum absolute atomic E-state index is 0.0988. The van der Waals surface area contributed by atoms with Crippen molar-refractivity contribution in [2.24, 2.45) is 0 Å². The van der Waals surface area contributed by atoms with E-state index in [0.717, 1.165) is 24.0 Å². The van der Waals surface area contributed by atoms with Crippen molar-refractivity contribution in [2.75, 3.05) is 5.32 Å². The van der Waals surface area contributed by atoms with Gasteiger partial charge in [0.15, 0.2) is 0 Å². The van der Waals surface area contributed by atoms with Crippen LogP contribution in [0.3, 0.4) is 0 Å². The molecule has 0 unspecified atom stereocenters. The van der Waals surface area contributed by atoms with E-state index < -0.39 is 0 Å². The average Bonchev–Trinajstić information content (AvgIpc) is 3.53. The molecular formula is C23H20N2O2. The molecule has 1 saturated carbocycles. The summed E-state index contributed by atoms with van der Waals surface area (Å²) in [6.45, 7) is 0. The maximum atomic E-state index is 12.9. The quantitative estimate of drug-likeness (QED) is 0.707. The summed E-state index contributed by atoms with van der Waals surface area (Å²) >= 11 is 0. The Balaban J connectivity index is 1.56. The minimum Gasteiger partial charge on any atom is -0.349 e. The zero-order chi connectivity index (χ0) is 18.6. The lowest BCUT2D eigenvalue weighted by molar-refractivity contribution is 0.0949. The van der Waals surface area contributed by atoms with Gasteiger partial charge in [-0.1, -0.05) is 54.6 Å². The SMILES string of the molecule is O=C(NC1CC1)c1cccc(NC(=O)c2ccccc2-c2ccccc2)c1. The van der Waals surface area contributed by atoms with E-state index in [2.05, 4.69) is 10.6 Å². The van der Waals surface area contributed by atoms with E-state index in [0.29, 0.717) is 22.9 Å². The molecule has 0 atom stereocenters. The van der Waals surface area contributed by atoms with Crippen LogP contribution in [-0.2, 0) is 0 Å². The van der Waals surface area contributed by atoms with Crippen LogP contribution >= 0.6 is 0 Å². The van der Waals surface area contributed by atoms with E-state index in [1.165, 1.54) is 0 Å². The molecular weight excluding hydrogens is 336 g/mol. The first kappa shape index (κ1) is 17.0. The second-order valence-corrected chi connectivity index (χ2v) is 6.69. The van der Waals surface area contributed by atoms with Gasteiger partial charge in [-0.05, 0) is 48.2 Å². The molecule has 4 nitrogen and oxygen atoms in total. The second kappa shape index (κ2) is 7.46. The van der Waals surface area contributed by atoms with Gasteiger partial charge in [0, 0.05) is 22.9 Å². The fraction of sp³-hybridized carbons (Fsp3) is 0.130. The molecule has 0 saturated heterocycles. The second-order valence-electron chi connectivity index (χ2n) is 6.69. The Kier molecular flexibility index (Phi) is 4.71. The number of amides is 2. The molecule has 1 aliphatic rings. The zero-order valence-corrected chi connectivity index (χ0v) is 14.8. The van der Waals surface area contributed by atoms with Gasteiger partial charge in [0.05, 0.1) is 0 Å². The summed E-state index contributed by atoms with van der Waals surface area (Å²) in [6.07, 6.45) is 2.08. The molecule has 0 heterocycles. The Hall–Kier alpha value is -3.40. The maximum Gasteiger partial charge on any atom is 0.256 e. The van der Waals surface area contributed by atoms with Crippen molar-refractivity contribution in [1.29, 1.82) is 0 Å². The van der Waals surface area contributed by atoms with Crippen molar-refractivity contribution < 1.29 is 9.59 Å². The topological polar surface area (TPSA) is 58.2 Å². The average molecular weight is 356 g/mol. The number of anilines is 1. The predicted octanol–water partition coefficient (Wildman–Crippen LogP) is 4.50. The maximum absolute atomic E-state index is 12.9. The molecule has 4 rings (SSSR count). The van der Waals surface area contributed by atoms with Gasteiger partial charge in [-0.25, -0.2) is 0 Å². The summed E-state index contributed by atoms with van der Waals surface area (Å²) in [6, 6.07) is 24.7. The molecule has 27 heavy (non-hydrogen) atoms. The molecule has 1 fully saturated rings. The van der Waals surface area contributed by atoms with Crippen molar-refractivity contribution in [1.82, 2.24) is 5.32 Å². The third-order valence-electron chi connectivity index (χ3n) is 4.55. The summed E-state index contributed by atoms with van der Waals surface area (Å²) in [4.78, 5) is 25.1. The lowest BCUT2D eigenvalue weighted by Gasteiger charge is -2.11. The van der Waals surface area contributed by atoms with Crippen molar-refractivity contribution in [3.63, 3.8) is 0 Å². The number of rotatable bonds is 5. The summed E-state index contributed by atoms with van der Waals surface area (Å²) in [5, 5.41) is 5.87. The molecule has 0 bridgehead atoms. The Morgan fingerprint density at radius 1 is 0.778 bits per heavy atom. The fourth-order valence-corrected chi connectivity index (χ4v) is 2.98. The van der Waals surface area contributed by atoms with Gasteiger partial charge >= 0.3 is 0 Å². The third-order valence-corrected chi connectivity index (χ3v) is 4.55. The first-order valence-electron chi connectivity index (χ1n) is 9.07. The highest BCUT2D eigenvalue weighted by Crippen LogP contribution is 2.25. The molecule has 3 aromatic carbocycles. The summed E-state index contributed by atoms with van der Waals surface area (Å²) in [7, 11) is 0. The Labute approximate surface area is 158 Å². The number of carbonyl (C=O) groups is 2. The molecule has 134 valence electrons. The van der Waals surface area contributed by atoms with Crippen LogP contribution in [0.4, 0.5) is 5.69 Å². The number of nitrogens with one attached hydrogen (secondary N) is 2. The summed E-state index contributed by atoms with van der Waals surface area (Å²) in [5.41, 5.74) is 3.61. The van der Waals surface area contributed by atoms with Gasteiger partial charge in [0.2, 0.25) is 0 Å². The van der Waals surface area contributed by atoms with Crippen LogP contribution in [0.1, 0.15) is 33.6 Å². The van der Waals surface area contributed by atoms with E-state index in [1.807, 2.05) is 48.5 Å². The van der Waals surface area contributed by atoms with Gasteiger partial charge in [-0.15, -0.1) is 0 Å². The molecule has 4 heteroatoms. The highest BCUT2D eigenvalue weighted by molar-refractivity contribution is 6.09. The van der Waals surface area contributed by atoms with E-state index in [1.54, 1.807) is 30.3 Å². The molecule has 2 amide bonds. The van der Waals surface area contributed by atoms with Crippen LogP contribution in [0.2, 0.25) is 0 Å². The van der Waals surface area contributed by atoms with Crippen molar-refractivity contribution in [3.8, 4) is 11.1 Å². The molecule has 0 aliphatic heterocycles. The summed E-state index contributed by atoms with van der Waals surface area (Å²) < 4.78 is 0. The Morgan fingerprint density at radius 2 is 1.52 bits per heavy atom. The van der Waals surface area contributed by atoms with Crippen molar-refractivity contribution in [3.05, 3.63) is 90.0 Å². The number of hydrogen-bond acceptors (Lipinski definition) is 2. The van der Waals surface area contributed by atoms with E-state index in [4.69, 9.17) is 0 Å². The number of hydrogen-bond donors (Lipinski definition) is 2. The third kappa shape index (κ3) is 4.06. The fourth-order valence-electron chi connectivity index (χ4n) is 2.98. The van der Waals surface area contributed by atoms with E-state index in [-0.39, 0.29) is 11.8 Å². The van der Waals surface area contributed by atoms with Gasteiger partial charge in [0.25, 0.3) is 11.8 Å². The lowest BCUT2D eigenvalue weighted by atomic mass is 9.99. The van der Waals surface area contributed by atoms with Gasteiger partial charge in [-0.3, -0.25) is 9.59 Å². The molecule has 1 aliphatic carbocycles. The van der Waals surface area contributed by atoms with Crippen LogP contribution in [-0.4, -0.2) is 17.9 Å². The van der Waals surface area contributed by atoms with Crippen LogP contribution in [0.25, 0.3) is 11.1 Å². The van der Waals surface area contributed by atoms with E-state index in [9.17, 15) is 9.59 Å². The van der Waals surface area contributed by atoms with Gasteiger partial charge < -0.3 is 10.6 Å². The zero-order valence-electron chi connectivity index (χ0n) is 14.8. The van der Waals surface area contributed by atoms with E-state index >= 15 is 0 Å². The molecule has 0 aromatic heterocycles. The molecule has 2 N–H and O–H groups in total. The molecule has 3 aromatic rings. The highest BCUT2D eigenvalue weighted by atomic mass is 16.2. The normalized spacial score (nSPS) is 13.0. The largest absolute Gasteiger partial charge is 0.349 e. The molecule has 0 spiro atoms. The van der Waals surface area contributed by atoms with Crippen LogP contribution < -0.4 is 10.6 Å². The Morgan fingerprint density at radius 3 is 2.30 bits per heavy atom. The standard InChI is InChI=1S/C23H20N2O2/c26-22(24-18-13-14-18)17-9-6-10-19(15-17)25-23(27)21-12-5-4-11-20(21)16-7-2-1-3-8-16/h1-12,15,18H,13-14H2,(H,24,26)(H,25,27). The minimum atomic E-state index is -0.200. The van der Waals surface area contributed by atoms with Gasteiger partial charge in [-0.2, -0.15) is 0 Å². The monoisotopic (exact) mass is 356 g/mol. The van der Waals surface area contributed by atoms with Crippen LogP contribution in [0.5, 0.6) is 0 Å². The first-order valence-corrected chi connectivity index (χ1v) is 9.07. The van der Waals surface area contributed by atoms with Crippen molar-refractivity contribution >= 4 is 17.5 Å². The number of carbonyl (C=O) groups excluding carboxylic acids is 2. The number of benzene rings is 3. The smallest absolute Gasteiger partial charge is 0.256 e. The Bertz CT molecular complexity index is 978. The molecule has 0 radical (unpaired) electrons. The summed E-state index contributed by atoms with van der Waals surface area (Å²) in [5.74, 6) is -0.299. The highest BCUT2D eigenvalue weighted by Gasteiger charge is 2.23. The van der Waals surface area contributed by atoms with Gasteiger partial charge in [0.1, 0.15) is 0 Å². The van der Waals surface area contributed by atoms with Crippen LogP contribution in [0.15, 0.2) is 78.9 Å².